The van der Waals surface area contributed by atoms with Crippen molar-refractivity contribution in [2.45, 2.75) is 24.9 Å². The first kappa shape index (κ1) is 22.3. The summed E-state index contributed by atoms with van der Waals surface area (Å²) in [6.07, 6.45) is 0.677. The predicted molar refractivity (Wildman–Crippen MR) is 113 cm³/mol. The molecule has 0 aliphatic heterocycles. The third-order valence-corrected chi connectivity index (χ3v) is 4.66. The van der Waals surface area contributed by atoms with Crippen LogP contribution in [0.3, 0.4) is 0 Å². The van der Waals surface area contributed by atoms with Crippen LogP contribution in [0.2, 0.25) is 0 Å². The standard InChI is InChI=1S/C19H20N8O5/c20-12(28)5-6-19(22,17(31)32)14(29)9-1-3-10(4-2-9)23-7-11-8-24-15-13(25-11)16(30)27-18(21)26-15/h1-4,8,23H,5-7,22H2,(H2,20,28)(H,31,32)(H3,21,24,26,27,30)/t19-/m1/s1. The van der Waals surface area contributed by atoms with Gasteiger partial charge in [0.2, 0.25) is 11.9 Å². The van der Waals surface area contributed by atoms with Crippen LogP contribution in [0.4, 0.5) is 11.6 Å². The van der Waals surface area contributed by atoms with E-state index in [-0.39, 0.29) is 35.6 Å². The highest BCUT2D eigenvalue weighted by molar-refractivity contribution is 6.16. The number of carboxylic acids is 1. The number of nitrogens with one attached hydrogen (secondary N) is 2. The Balaban J connectivity index is 1.72. The Hall–Kier alpha value is -4.39. The van der Waals surface area contributed by atoms with Crippen LogP contribution in [-0.2, 0) is 16.1 Å². The topological polar surface area (TPSA) is 233 Å². The molecule has 32 heavy (non-hydrogen) atoms. The molecule has 3 aromatic rings. The van der Waals surface area contributed by atoms with Gasteiger partial charge in [0.15, 0.2) is 22.5 Å². The number of nitrogens with two attached hydrogens (primary N) is 3. The maximum Gasteiger partial charge on any atom is 0.331 e. The Kier molecular flexibility index (Phi) is 6.11. The van der Waals surface area contributed by atoms with E-state index in [1.807, 2.05) is 0 Å². The van der Waals surface area contributed by atoms with E-state index in [1.54, 1.807) is 12.1 Å². The number of nitrogen functional groups attached to an aromatic ring is 1. The Labute approximate surface area is 180 Å². The van der Waals surface area contributed by atoms with Crippen molar-refractivity contribution < 1.29 is 19.5 Å². The van der Waals surface area contributed by atoms with Crippen molar-refractivity contribution in [1.82, 2.24) is 19.9 Å². The van der Waals surface area contributed by atoms with Gasteiger partial charge in [-0.3, -0.25) is 19.4 Å². The number of hydrogen-bond acceptors (Lipinski definition) is 10. The molecule has 0 unspecified atom stereocenters. The van der Waals surface area contributed by atoms with Crippen molar-refractivity contribution in [3.8, 4) is 0 Å². The number of anilines is 2. The van der Waals surface area contributed by atoms with Gasteiger partial charge in [0.1, 0.15) is 0 Å². The minimum atomic E-state index is -2.27. The third kappa shape index (κ3) is 4.67. The molecule has 9 N–H and O–H groups in total. The first-order valence-electron chi connectivity index (χ1n) is 9.31. The molecular weight excluding hydrogens is 420 g/mol. The van der Waals surface area contributed by atoms with E-state index in [4.69, 9.17) is 17.2 Å². The number of benzene rings is 1. The number of hydrogen-bond donors (Lipinski definition) is 6. The number of carbonyl (C=O) groups is 3. The zero-order valence-corrected chi connectivity index (χ0v) is 16.7. The van der Waals surface area contributed by atoms with Crippen LogP contribution in [0, 0.1) is 0 Å². The number of rotatable bonds is 9. The van der Waals surface area contributed by atoms with Gasteiger partial charge in [-0.2, -0.15) is 4.98 Å². The Bertz CT molecular complexity index is 1260. The normalized spacial score (nSPS) is 12.8. The molecule has 2 heterocycles. The number of fused-ring (bicyclic) bond motifs is 1. The zero-order valence-electron chi connectivity index (χ0n) is 16.7. The molecule has 0 aliphatic carbocycles. The second-order valence-corrected chi connectivity index (χ2v) is 6.99. The van der Waals surface area contributed by atoms with Crippen molar-refractivity contribution in [2.75, 3.05) is 11.1 Å². The number of aliphatic carboxylic acids is 1. The summed E-state index contributed by atoms with van der Waals surface area (Å²) in [7, 11) is 0. The van der Waals surface area contributed by atoms with Crippen molar-refractivity contribution in [2.24, 2.45) is 11.5 Å². The highest BCUT2D eigenvalue weighted by Crippen LogP contribution is 2.20. The van der Waals surface area contributed by atoms with Gasteiger partial charge < -0.3 is 27.6 Å². The Morgan fingerprint density at radius 3 is 2.47 bits per heavy atom. The van der Waals surface area contributed by atoms with E-state index in [1.165, 1.54) is 18.3 Å². The van der Waals surface area contributed by atoms with Crippen molar-refractivity contribution in [1.29, 1.82) is 0 Å². The van der Waals surface area contributed by atoms with Gasteiger partial charge in [0.05, 0.1) is 18.4 Å². The van der Waals surface area contributed by atoms with E-state index in [2.05, 4.69) is 25.3 Å². The van der Waals surface area contributed by atoms with Crippen LogP contribution in [0.15, 0.2) is 35.3 Å². The van der Waals surface area contributed by atoms with Gasteiger partial charge in [0, 0.05) is 17.7 Å². The molecular formula is C19H20N8O5. The summed E-state index contributed by atoms with van der Waals surface area (Å²) >= 11 is 0. The quantitative estimate of drug-likeness (QED) is 0.177. The average molecular weight is 440 g/mol. The first-order valence-corrected chi connectivity index (χ1v) is 9.31. The monoisotopic (exact) mass is 440 g/mol. The van der Waals surface area contributed by atoms with Crippen LogP contribution < -0.4 is 28.1 Å². The molecule has 0 saturated heterocycles. The smallest absolute Gasteiger partial charge is 0.331 e. The zero-order chi connectivity index (χ0) is 23.5. The van der Waals surface area contributed by atoms with Crippen molar-refractivity contribution >= 4 is 40.5 Å². The molecule has 0 spiro atoms. The fourth-order valence-electron chi connectivity index (χ4n) is 2.88. The molecule has 1 amide bonds. The summed E-state index contributed by atoms with van der Waals surface area (Å²) in [6, 6.07) is 5.91. The molecule has 13 heteroatoms. The van der Waals surface area contributed by atoms with Crippen molar-refractivity contribution in [3.63, 3.8) is 0 Å². The fourth-order valence-corrected chi connectivity index (χ4v) is 2.88. The fraction of sp³-hybridized carbons (Fsp3) is 0.211. The number of carboxylic acid groups (broad SMARTS) is 1. The molecule has 0 saturated carbocycles. The van der Waals surface area contributed by atoms with Crippen LogP contribution in [0.1, 0.15) is 28.9 Å². The van der Waals surface area contributed by atoms with E-state index in [0.717, 1.165) is 0 Å². The lowest BCUT2D eigenvalue weighted by atomic mass is 9.86. The summed E-state index contributed by atoms with van der Waals surface area (Å²) in [5, 5.41) is 12.4. The van der Waals surface area contributed by atoms with Crippen LogP contribution in [0.25, 0.3) is 11.2 Å². The van der Waals surface area contributed by atoms with Crippen LogP contribution >= 0.6 is 0 Å². The third-order valence-electron chi connectivity index (χ3n) is 4.66. The molecule has 166 valence electrons. The lowest BCUT2D eigenvalue weighted by molar-refractivity contribution is -0.141. The number of carbonyl (C=O) groups excluding carboxylic acids is 2. The minimum absolute atomic E-state index is 0.0448. The SMILES string of the molecule is NC(=O)CC[C@](N)(C(=O)O)C(=O)c1ccc(NCc2cnc3nc(N)[nH]c(=O)c3n2)cc1. The van der Waals surface area contributed by atoms with Gasteiger partial charge in [-0.05, 0) is 30.7 Å². The van der Waals surface area contributed by atoms with Gasteiger partial charge in [0.25, 0.3) is 5.56 Å². The predicted octanol–water partition coefficient (Wildman–Crippen LogP) is -0.862. The highest BCUT2D eigenvalue weighted by atomic mass is 16.4. The molecule has 1 aromatic carbocycles. The molecule has 3 rings (SSSR count). The minimum Gasteiger partial charge on any atom is -0.480 e. The number of amides is 1. The van der Waals surface area contributed by atoms with E-state index in [0.29, 0.717) is 11.4 Å². The van der Waals surface area contributed by atoms with Crippen molar-refractivity contribution in [3.05, 3.63) is 52.1 Å². The van der Waals surface area contributed by atoms with Gasteiger partial charge in [-0.25, -0.2) is 14.8 Å². The number of primary amides is 1. The summed E-state index contributed by atoms with van der Waals surface area (Å²) in [4.78, 5) is 61.6. The lowest BCUT2D eigenvalue weighted by Gasteiger charge is -2.22. The van der Waals surface area contributed by atoms with Gasteiger partial charge in [-0.1, -0.05) is 0 Å². The molecule has 13 nitrogen and oxygen atoms in total. The number of Topliss-reactive ketones (excluding diaryl/α,β-unsaturated/α-hetero) is 1. The summed E-state index contributed by atoms with van der Waals surface area (Å²) in [5.41, 5.74) is 14.8. The van der Waals surface area contributed by atoms with E-state index in [9.17, 15) is 24.3 Å². The Morgan fingerprint density at radius 1 is 1.16 bits per heavy atom. The molecule has 0 radical (unpaired) electrons. The molecule has 0 aliphatic rings. The number of aromatic nitrogens is 4. The molecule has 0 bridgehead atoms. The lowest BCUT2D eigenvalue weighted by Crippen LogP contribution is -2.55. The Morgan fingerprint density at radius 2 is 1.84 bits per heavy atom. The highest BCUT2D eigenvalue weighted by Gasteiger charge is 2.42. The number of aromatic amines is 1. The van der Waals surface area contributed by atoms with E-state index < -0.39 is 35.2 Å². The van der Waals surface area contributed by atoms with Crippen LogP contribution in [-0.4, -0.2) is 48.2 Å². The number of H-pyrrole nitrogens is 1. The summed E-state index contributed by atoms with van der Waals surface area (Å²) < 4.78 is 0. The van der Waals surface area contributed by atoms with Gasteiger partial charge >= 0.3 is 5.97 Å². The number of nitrogens with zero attached hydrogens (tertiary/aromatic N) is 3. The van der Waals surface area contributed by atoms with Crippen LogP contribution in [0.5, 0.6) is 0 Å². The first-order chi connectivity index (χ1) is 15.1. The van der Waals surface area contributed by atoms with Gasteiger partial charge in [-0.15, -0.1) is 0 Å². The molecule has 2 aromatic heterocycles. The second kappa shape index (κ2) is 8.77. The summed E-state index contributed by atoms with van der Waals surface area (Å²) in [6.45, 7) is 0.203. The molecule has 0 fully saturated rings. The molecule has 1 atom stereocenters. The maximum atomic E-state index is 12.6. The maximum absolute atomic E-state index is 12.6. The van der Waals surface area contributed by atoms with E-state index >= 15 is 0 Å². The largest absolute Gasteiger partial charge is 0.480 e. The summed E-state index contributed by atoms with van der Waals surface area (Å²) in [5.74, 6) is -3.21. The second-order valence-electron chi connectivity index (χ2n) is 6.99. The average Bonchev–Trinajstić information content (AvgIpc) is 2.75. The number of ketones is 1.